The van der Waals surface area contributed by atoms with E-state index in [0.29, 0.717) is 49.4 Å². The number of fused-ring (bicyclic) bond motifs is 1. The first-order valence-electron chi connectivity index (χ1n) is 18.0. The highest BCUT2D eigenvalue weighted by molar-refractivity contribution is 8.00. The third-order valence-electron chi connectivity index (χ3n) is 10.8. The molecule has 2 aromatic carbocycles. The summed E-state index contributed by atoms with van der Waals surface area (Å²) < 4.78 is 16.8. The fourth-order valence-electron chi connectivity index (χ4n) is 7.74. The summed E-state index contributed by atoms with van der Waals surface area (Å²) in [6.45, 7) is 11.1. The van der Waals surface area contributed by atoms with Crippen molar-refractivity contribution in [1.82, 2.24) is 19.6 Å². The molecule has 0 saturated carbocycles. The molecule has 0 aliphatic carbocycles. The quantitative estimate of drug-likeness (QED) is 0.438. The molecule has 2 aromatic rings. The average Bonchev–Trinajstić information content (AvgIpc) is 3.28. The summed E-state index contributed by atoms with van der Waals surface area (Å²) in [6.07, 6.45) is 4.84. The molecule has 0 aromatic heterocycles. The predicted molar refractivity (Wildman–Crippen MR) is 199 cm³/mol. The van der Waals surface area contributed by atoms with Crippen LogP contribution in [0.2, 0.25) is 0 Å². The minimum Gasteiger partial charge on any atom is -0.507 e. The molecule has 4 aliphatic heterocycles. The van der Waals surface area contributed by atoms with E-state index in [-0.39, 0.29) is 30.0 Å². The van der Waals surface area contributed by atoms with Crippen LogP contribution in [-0.2, 0) is 31.9 Å². The highest BCUT2D eigenvalue weighted by Gasteiger charge is 2.32. The number of likely N-dealkylation sites (tertiary alicyclic amines) is 2. The molecule has 4 aliphatic rings. The van der Waals surface area contributed by atoms with E-state index in [9.17, 15) is 23.7 Å². The maximum atomic E-state index is 12.9. The molecule has 0 unspecified atom stereocenters. The highest BCUT2D eigenvalue weighted by Crippen LogP contribution is 2.27. The van der Waals surface area contributed by atoms with Gasteiger partial charge in [0.2, 0.25) is 5.91 Å². The van der Waals surface area contributed by atoms with E-state index in [0.717, 1.165) is 80.7 Å². The summed E-state index contributed by atoms with van der Waals surface area (Å²) in [4.78, 5) is 45.0. The minimum atomic E-state index is -1.85. The molecule has 0 spiro atoms. The van der Waals surface area contributed by atoms with Crippen molar-refractivity contribution in [3.05, 3.63) is 58.7 Å². The topological polar surface area (TPSA) is 123 Å². The van der Waals surface area contributed by atoms with Gasteiger partial charge in [0.15, 0.2) is 0 Å². The van der Waals surface area contributed by atoms with Crippen LogP contribution >= 0.6 is 0 Å². The van der Waals surface area contributed by atoms with Crippen molar-refractivity contribution in [1.29, 1.82) is 0 Å². The van der Waals surface area contributed by atoms with Crippen LogP contribution in [0.15, 0.2) is 36.4 Å². The molecule has 3 fully saturated rings. The maximum absolute atomic E-state index is 12.9. The second kappa shape index (κ2) is 16.5. The van der Waals surface area contributed by atoms with Crippen LogP contribution in [0.25, 0.3) is 0 Å². The zero-order chi connectivity index (χ0) is 36.0. The van der Waals surface area contributed by atoms with Gasteiger partial charge in [0.25, 0.3) is 0 Å². The van der Waals surface area contributed by atoms with Gasteiger partial charge in [-0.3, -0.25) is 13.9 Å². The fourth-order valence-corrected chi connectivity index (χ4v) is 9.08. The number of hydrogen-bond acceptors (Lipinski definition) is 7. The summed E-state index contributed by atoms with van der Waals surface area (Å²) in [5.41, 5.74) is 4.91. The van der Waals surface area contributed by atoms with Crippen molar-refractivity contribution in [2.45, 2.75) is 71.4 Å². The highest BCUT2D eigenvalue weighted by atomic mass is 32.2. The van der Waals surface area contributed by atoms with Crippen molar-refractivity contribution >= 4 is 39.1 Å². The van der Waals surface area contributed by atoms with Crippen LogP contribution in [0.4, 0.5) is 15.3 Å². The molecule has 11 nitrogen and oxygen atoms in total. The lowest BCUT2D eigenvalue weighted by atomic mass is 9.95. The van der Waals surface area contributed by atoms with E-state index in [1.165, 1.54) is 12.7 Å². The summed E-state index contributed by atoms with van der Waals surface area (Å²) in [6, 6.07) is 12.5. The Morgan fingerprint density at radius 2 is 1.52 bits per heavy atom. The minimum absolute atomic E-state index is 0.0403. The Hall–Kier alpha value is -3.77. The molecule has 0 bridgehead atoms. The van der Waals surface area contributed by atoms with E-state index in [1.54, 1.807) is 4.90 Å². The number of rotatable bonds is 5. The third-order valence-corrected chi connectivity index (χ3v) is 12.6. The number of nitrogens with zero attached hydrogens (tertiary/aromatic N) is 4. The van der Waals surface area contributed by atoms with Crippen molar-refractivity contribution in [2.24, 2.45) is 5.92 Å². The van der Waals surface area contributed by atoms with Gasteiger partial charge in [-0.25, -0.2) is 9.59 Å². The Morgan fingerprint density at radius 3 is 2.14 bits per heavy atom. The number of piperidine rings is 2. The molecule has 2 N–H and O–H groups in total. The number of benzene rings is 2. The Balaban J connectivity index is 0.000000200. The fraction of sp³-hybridized carbons (Fsp3) is 0.579. The SMILES string of the molecule is C=S1(=O)CCN(C2CCN(C(=O)[C@H](C)Cc3cc(C)c(O)c(C)c3)CC2)CC1.COC(=O)N1CCC(N2CCc3ccccc3NC2=O)CC1. The number of hydrogen-bond donors (Lipinski definition) is 2. The molecule has 1 atom stereocenters. The van der Waals surface area contributed by atoms with Crippen LogP contribution < -0.4 is 5.32 Å². The number of phenolic OH excluding ortho intramolecular Hbond substituents is 1. The number of amides is 4. The van der Waals surface area contributed by atoms with Crippen molar-refractivity contribution in [2.75, 3.05) is 69.7 Å². The van der Waals surface area contributed by atoms with E-state index in [4.69, 9.17) is 4.74 Å². The summed E-state index contributed by atoms with van der Waals surface area (Å²) >= 11 is 0. The first kappa shape index (κ1) is 37.5. The summed E-state index contributed by atoms with van der Waals surface area (Å²) in [5, 5.41) is 12.9. The summed E-state index contributed by atoms with van der Waals surface area (Å²) in [7, 11) is -0.454. The second-order valence-electron chi connectivity index (χ2n) is 14.4. The molecule has 274 valence electrons. The molecule has 4 heterocycles. The van der Waals surface area contributed by atoms with Crippen LogP contribution in [-0.4, -0.2) is 129 Å². The lowest BCUT2D eigenvalue weighted by Crippen LogP contribution is -2.51. The molecule has 3 saturated heterocycles. The number of anilines is 1. The van der Waals surface area contributed by atoms with Crippen LogP contribution in [0.5, 0.6) is 5.75 Å². The van der Waals surface area contributed by atoms with E-state index in [2.05, 4.69) is 22.2 Å². The van der Waals surface area contributed by atoms with Crippen molar-refractivity contribution in [3.8, 4) is 5.75 Å². The zero-order valence-corrected chi connectivity index (χ0v) is 31.0. The molecule has 12 heteroatoms. The lowest BCUT2D eigenvalue weighted by Gasteiger charge is -2.41. The van der Waals surface area contributed by atoms with Gasteiger partial charge in [0, 0.05) is 81.0 Å². The molecular weight excluding hydrogens is 655 g/mol. The molecule has 0 radical (unpaired) electrons. The first-order valence-corrected chi connectivity index (χ1v) is 20.0. The van der Waals surface area contributed by atoms with Crippen molar-refractivity contribution < 1.29 is 28.4 Å². The average molecular weight is 710 g/mol. The van der Waals surface area contributed by atoms with Gasteiger partial charge in [-0.1, -0.05) is 37.3 Å². The number of aromatic hydroxyl groups is 1. The lowest BCUT2D eigenvalue weighted by molar-refractivity contribution is -0.136. The van der Waals surface area contributed by atoms with Gasteiger partial charge in [-0.2, -0.15) is 0 Å². The monoisotopic (exact) mass is 709 g/mol. The molecular formula is C38H55N5O6S. The number of carbonyl (C=O) groups excluding carboxylic acids is 3. The maximum Gasteiger partial charge on any atom is 0.409 e. The Bertz CT molecular complexity index is 1590. The number of urea groups is 1. The van der Waals surface area contributed by atoms with Crippen LogP contribution in [0.3, 0.4) is 0 Å². The summed E-state index contributed by atoms with van der Waals surface area (Å²) in [5.74, 6) is 5.76. The first-order chi connectivity index (χ1) is 23.8. The smallest absolute Gasteiger partial charge is 0.409 e. The van der Waals surface area contributed by atoms with E-state index < -0.39 is 9.52 Å². The number of nitrogens with one attached hydrogen (secondary N) is 1. The van der Waals surface area contributed by atoms with Gasteiger partial charge in [-0.05, 0) is 96.1 Å². The number of methoxy groups -OCH3 is 1. The molecule has 6 rings (SSSR count). The van der Waals surface area contributed by atoms with Crippen LogP contribution in [0, 0.1) is 19.8 Å². The number of para-hydroxylation sites is 1. The van der Waals surface area contributed by atoms with Gasteiger partial charge in [0.05, 0.1) is 7.11 Å². The largest absolute Gasteiger partial charge is 0.507 e. The Labute approximate surface area is 297 Å². The molecule has 50 heavy (non-hydrogen) atoms. The van der Waals surface area contributed by atoms with E-state index in [1.807, 2.05) is 60.9 Å². The number of ether oxygens (including phenoxy) is 1. The number of phenols is 1. The van der Waals surface area contributed by atoms with Gasteiger partial charge >= 0.3 is 12.1 Å². The molecule has 4 amide bonds. The van der Waals surface area contributed by atoms with Gasteiger partial charge in [0.1, 0.15) is 5.75 Å². The van der Waals surface area contributed by atoms with E-state index >= 15 is 0 Å². The normalized spacial score (nSPS) is 20.9. The van der Waals surface area contributed by atoms with Crippen LogP contribution in [0.1, 0.15) is 54.9 Å². The Morgan fingerprint density at radius 1 is 0.940 bits per heavy atom. The van der Waals surface area contributed by atoms with Gasteiger partial charge in [-0.15, -0.1) is 0 Å². The Kier molecular flexibility index (Phi) is 12.4. The third kappa shape index (κ3) is 9.31. The number of carbonyl (C=O) groups is 3. The van der Waals surface area contributed by atoms with Crippen molar-refractivity contribution in [3.63, 3.8) is 0 Å². The standard InChI is InChI=1S/C22H34N2O3S.C16H21N3O3/c1-16-13-19(14-17(2)21(16)25)15-18(3)22(26)24-7-5-20(6-8-24)23-9-11-28(4,27)12-10-23;1-22-16(21)18-9-7-13(8-10-18)19-11-6-12-4-2-3-5-14(12)17-15(19)20/h13-14,18,20,25H,4-12,15H2,1-3H3;2-5,13H,6-11H2,1H3,(H,17,20)/t18-;/m1./s1. The number of aryl methyl sites for hydroxylation is 2. The van der Waals surface area contributed by atoms with Gasteiger partial charge < -0.3 is 29.9 Å². The second-order valence-corrected chi connectivity index (χ2v) is 17.1. The zero-order valence-electron chi connectivity index (χ0n) is 30.2. The predicted octanol–water partition coefficient (Wildman–Crippen LogP) is 4.52.